The van der Waals surface area contributed by atoms with Gasteiger partial charge in [-0.3, -0.25) is 0 Å². The maximum absolute atomic E-state index is 10.7. The van der Waals surface area contributed by atoms with Gasteiger partial charge in [-0.25, -0.2) is 0 Å². The summed E-state index contributed by atoms with van der Waals surface area (Å²) in [5, 5.41) is 10.7. The van der Waals surface area contributed by atoms with Crippen molar-refractivity contribution in [2.24, 2.45) is 16.7 Å². The molecule has 1 nitrogen and oxygen atoms in total. The third-order valence-electron chi connectivity index (χ3n) is 5.44. The minimum atomic E-state index is -0.867. The molecule has 90 valence electrons. The molecule has 0 aromatic carbocycles. The molecule has 0 saturated heterocycles. The van der Waals surface area contributed by atoms with Gasteiger partial charge in [-0.15, -0.1) is 6.42 Å². The molecule has 2 fully saturated rings. The zero-order valence-electron chi connectivity index (χ0n) is 10.8. The third-order valence-corrected chi connectivity index (χ3v) is 5.44. The average Bonchev–Trinajstić information content (AvgIpc) is 2.20. The highest BCUT2D eigenvalue weighted by molar-refractivity contribution is 5.20. The Bertz CT molecular complexity index is 325. The van der Waals surface area contributed by atoms with E-state index in [1.807, 2.05) is 0 Å². The lowest BCUT2D eigenvalue weighted by Crippen LogP contribution is -2.58. The van der Waals surface area contributed by atoms with E-state index in [0.717, 1.165) is 19.3 Å². The summed E-state index contributed by atoms with van der Waals surface area (Å²) in [5.74, 6) is 3.29. The van der Waals surface area contributed by atoms with E-state index in [4.69, 9.17) is 6.42 Å². The van der Waals surface area contributed by atoms with Crippen LogP contribution in [-0.2, 0) is 0 Å². The monoisotopic (exact) mass is 220 g/mol. The van der Waals surface area contributed by atoms with Crippen molar-refractivity contribution in [3.8, 4) is 12.3 Å². The fraction of sp³-hybridized carbons (Fsp3) is 0.867. The van der Waals surface area contributed by atoms with Gasteiger partial charge in [-0.05, 0) is 43.4 Å². The minimum absolute atomic E-state index is 0.0677. The normalized spacial score (nSPS) is 46.8. The second-order valence-electron chi connectivity index (χ2n) is 6.71. The number of terminal acetylenes is 1. The van der Waals surface area contributed by atoms with Crippen molar-refractivity contribution < 1.29 is 5.11 Å². The number of fused-ring (bicyclic) bond motifs is 1. The first kappa shape index (κ1) is 12.0. The van der Waals surface area contributed by atoms with Crippen molar-refractivity contribution in [3.05, 3.63) is 0 Å². The SMILES string of the molecule is C#CC1(O)CCC[C@@H]2C(C)(C)CCC[C@]21C. The quantitative estimate of drug-likeness (QED) is 0.621. The van der Waals surface area contributed by atoms with Crippen LogP contribution in [0.4, 0.5) is 0 Å². The summed E-state index contributed by atoms with van der Waals surface area (Å²) in [5.41, 5.74) is -0.604. The van der Waals surface area contributed by atoms with Crippen molar-refractivity contribution >= 4 is 0 Å². The van der Waals surface area contributed by atoms with Gasteiger partial charge >= 0.3 is 0 Å². The molecule has 0 aliphatic heterocycles. The molecule has 3 atom stereocenters. The minimum Gasteiger partial charge on any atom is -0.377 e. The summed E-state index contributed by atoms with van der Waals surface area (Å²) in [6.45, 7) is 6.91. The fourth-order valence-corrected chi connectivity index (χ4v) is 4.41. The van der Waals surface area contributed by atoms with E-state index < -0.39 is 5.60 Å². The second kappa shape index (κ2) is 3.50. The second-order valence-corrected chi connectivity index (χ2v) is 6.71. The molecule has 2 rings (SSSR count). The maximum atomic E-state index is 10.7. The Morgan fingerprint density at radius 2 is 1.81 bits per heavy atom. The maximum Gasteiger partial charge on any atom is 0.130 e. The van der Waals surface area contributed by atoms with E-state index in [-0.39, 0.29) is 5.41 Å². The Morgan fingerprint density at radius 1 is 1.12 bits per heavy atom. The van der Waals surface area contributed by atoms with Gasteiger partial charge in [0.25, 0.3) is 0 Å². The lowest BCUT2D eigenvalue weighted by atomic mass is 9.47. The molecule has 0 radical (unpaired) electrons. The van der Waals surface area contributed by atoms with Gasteiger partial charge < -0.3 is 5.11 Å². The zero-order chi connectivity index (χ0) is 12.0. The van der Waals surface area contributed by atoms with Gasteiger partial charge in [0.2, 0.25) is 0 Å². The first-order chi connectivity index (χ1) is 7.36. The number of hydrogen-bond acceptors (Lipinski definition) is 1. The molecular formula is C15H24O. The highest BCUT2D eigenvalue weighted by Crippen LogP contribution is 2.60. The van der Waals surface area contributed by atoms with E-state index in [1.54, 1.807) is 0 Å². The molecule has 2 saturated carbocycles. The van der Waals surface area contributed by atoms with Crippen molar-refractivity contribution in [1.82, 2.24) is 0 Å². The van der Waals surface area contributed by atoms with Gasteiger partial charge in [-0.1, -0.05) is 33.1 Å². The summed E-state index contributed by atoms with van der Waals surface area (Å²) in [6, 6.07) is 0. The smallest absolute Gasteiger partial charge is 0.130 e. The first-order valence-corrected chi connectivity index (χ1v) is 6.56. The van der Waals surface area contributed by atoms with Gasteiger partial charge in [0.1, 0.15) is 5.60 Å². The molecule has 0 amide bonds. The summed E-state index contributed by atoms with van der Waals surface area (Å²) >= 11 is 0. The van der Waals surface area contributed by atoms with Gasteiger partial charge in [0, 0.05) is 5.41 Å². The van der Waals surface area contributed by atoms with E-state index in [1.165, 1.54) is 19.3 Å². The topological polar surface area (TPSA) is 20.2 Å². The van der Waals surface area contributed by atoms with E-state index >= 15 is 0 Å². The third kappa shape index (κ3) is 1.43. The molecule has 0 aromatic rings. The summed E-state index contributed by atoms with van der Waals surface area (Å²) in [7, 11) is 0. The molecule has 0 aromatic heterocycles. The van der Waals surface area contributed by atoms with Crippen LogP contribution >= 0.6 is 0 Å². The van der Waals surface area contributed by atoms with Crippen LogP contribution in [0.1, 0.15) is 59.3 Å². The van der Waals surface area contributed by atoms with Crippen LogP contribution in [0.3, 0.4) is 0 Å². The predicted molar refractivity (Wildman–Crippen MR) is 66.9 cm³/mol. The fourth-order valence-electron chi connectivity index (χ4n) is 4.41. The largest absolute Gasteiger partial charge is 0.377 e. The van der Waals surface area contributed by atoms with Crippen LogP contribution in [0.25, 0.3) is 0 Å². The van der Waals surface area contributed by atoms with Crippen molar-refractivity contribution in [2.75, 3.05) is 0 Å². The Balaban J connectivity index is 2.42. The molecule has 2 aliphatic rings. The summed E-state index contributed by atoms with van der Waals surface area (Å²) in [4.78, 5) is 0. The Morgan fingerprint density at radius 3 is 2.44 bits per heavy atom. The summed E-state index contributed by atoms with van der Waals surface area (Å²) < 4.78 is 0. The van der Waals surface area contributed by atoms with Crippen LogP contribution in [0.2, 0.25) is 0 Å². The Labute approximate surface area is 99.6 Å². The molecule has 0 spiro atoms. The lowest BCUT2D eigenvalue weighted by Gasteiger charge is -2.59. The molecule has 0 heterocycles. The van der Waals surface area contributed by atoms with Crippen LogP contribution in [0.15, 0.2) is 0 Å². The van der Waals surface area contributed by atoms with E-state index in [2.05, 4.69) is 26.7 Å². The highest BCUT2D eigenvalue weighted by atomic mass is 16.3. The van der Waals surface area contributed by atoms with Crippen LogP contribution < -0.4 is 0 Å². The molecule has 1 unspecified atom stereocenters. The van der Waals surface area contributed by atoms with Crippen LogP contribution in [-0.4, -0.2) is 10.7 Å². The number of hydrogen-bond donors (Lipinski definition) is 1. The number of rotatable bonds is 0. The summed E-state index contributed by atoms with van der Waals surface area (Å²) in [6.07, 6.45) is 12.3. The molecule has 2 aliphatic carbocycles. The Kier molecular flexibility index (Phi) is 2.63. The van der Waals surface area contributed by atoms with Crippen molar-refractivity contribution in [2.45, 2.75) is 64.9 Å². The first-order valence-electron chi connectivity index (χ1n) is 6.56. The zero-order valence-corrected chi connectivity index (χ0v) is 10.8. The van der Waals surface area contributed by atoms with Crippen LogP contribution in [0.5, 0.6) is 0 Å². The standard InChI is InChI=1S/C15H24O/c1-5-15(16)11-6-8-12-13(2,3)9-7-10-14(12,15)4/h1,12,16H,6-11H2,2-4H3/t12-,14-,15?/m1/s1. The molecule has 1 N–H and O–H groups in total. The van der Waals surface area contributed by atoms with E-state index in [9.17, 15) is 5.11 Å². The van der Waals surface area contributed by atoms with Crippen molar-refractivity contribution in [3.63, 3.8) is 0 Å². The number of aliphatic hydroxyl groups is 1. The van der Waals surface area contributed by atoms with Gasteiger partial charge in [-0.2, -0.15) is 0 Å². The lowest BCUT2D eigenvalue weighted by molar-refractivity contribution is -0.151. The average molecular weight is 220 g/mol. The Hall–Kier alpha value is -0.480. The molecular weight excluding hydrogens is 196 g/mol. The van der Waals surface area contributed by atoms with E-state index in [0.29, 0.717) is 11.3 Å². The van der Waals surface area contributed by atoms with Crippen molar-refractivity contribution in [1.29, 1.82) is 0 Å². The van der Waals surface area contributed by atoms with Gasteiger partial charge in [0.15, 0.2) is 0 Å². The molecule has 1 heteroatoms. The van der Waals surface area contributed by atoms with Gasteiger partial charge in [0.05, 0.1) is 0 Å². The van der Waals surface area contributed by atoms with Crippen LogP contribution in [0, 0.1) is 29.1 Å². The molecule has 0 bridgehead atoms. The highest BCUT2D eigenvalue weighted by Gasteiger charge is 2.58. The predicted octanol–water partition coefficient (Wildman–Crippen LogP) is 3.37. The molecule has 16 heavy (non-hydrogen) atoms.